The Morgan fingerprint density at radius 1 is 1.30 bits per heavy atom. The van der Waals surface area contributed by atoms with Crippen molar-refractivity contribution in [3.63, 3.8) is 0 Å². The maximum absolute atomic E-state index is 6.00. The highest BCUT2D eigenvalue weighted by atomic mass is 16.5. The fourth-order valence-corrected chi connectivity index (χ4v) is 1.91. The van der Waals surface area contributed by atoms with Crippen LogP contribution < -0.4 is 10.5 Å². The predicted molar refractivity (Wildman–Crippen MR) is 78.4 cm³/mol. The predicted octanol–water partition coefficient (Wildman–Crippen LogP) is 2.54. The van der Waals surface area contributed by atoms with Crippen molar-refractivity contribution in [2.24, 2.45) is 5.92 Å². The van der Waals surface area contributed by atoms with Gasteiger partial charge >= 0.3 is 0 Å². The molecule has 1 unspecified atom stereocenters. The molecule has 0 spiro atoms. The molecule has 1 atom stereocenters. The van der Waals surface area contributed by atoms with Crippen molar-refractivity contribution in [1.82, 2.24) is 20.2 Å². The lowest BCUT2D eigenvalue weighted by Gasteiger charge is -2.17. The zero-order chi connectivity index (χ0) is 14.7. The van der Waals surface area contributed by atoms with E-state index >= 15 is 0 Å². The molecular formula is C14H21N5O. The average molecular weight is 275 g/mol. The van der Waals surface area contributed by atoms with Crippen LogP contribution in [-0.2, 0) is 0 Å². The highest BCUT2D eigenvalue weighted by Gasteiger charge is 2.18. The van der Waals surface area contributed by atoms with Crippen molar-refractivity contribution >= 4 is 5.69 Å². The summed E-state index contributed by atoms with van der Waals surface area (Å²) in [6, 6.07) is 5.84. The summed E-state index contributed by atoms with van der Waals surface area (Å²) in [5, 5.41) is 12.0. The fourth-order valence-electron chi connectivity index (χ4n) is 1.91. The summed E-state index contributed by atoms with van der Waals surface area (Å²) in [4.78, 5) is 0. The first-order valence-corrected chi connectivity index (χ1v) is 6.85. The Kier molecular flexibility index (Phi) is 4.22. The second-order valence-electron chi connectivity index (χ2n) is 5.12. The summed E-state index contributed by atoms with van der Waals surface area (Å²) in [5.41, 5.74) is 7.48. The number of nitrogen functional groups attached to an aromatic ring is 1. The smallest absolute Gasteiger partial charge is 0.182 e. The highest BCUT2D eigenvalue weighted by molar-refractivity contribution is 5.66. The number of nitrogens with two attached hydrogens (primary N) is 1. The van der Waals surface area contributed by atoms with E-state index in [1.54, 1.807) is 0 Å². The highest BCUT2D eigenvalue weighted by Crippen LogP contribution is 2.29. The molecular weight excluding hydrogens is 254 g/mol. The molecule has 0 bridgehead atoms. The zero-order valence-corrected chi connectivity index (χ0v) is 12.4. The van der Waals surface area contributed by atoms with Crippen LogP contribution in [0.3, 0.4) is 0 Å². The number of aromatic nitrogens is 4. The average Bonchev–Trinajstić information content (AvgIpc) is 2.89. The van der Waals surface area contributed by atoms with E-state index in [9.17, 15) is 0 Å². The van der Waals surface area contributed by atoms with E-state index in [0.717, 1.165) is 11.4 Å². The Morgan fingerprint density at radius 3 is 2.65 bits per heavy atom. The monoisotopic (exact) mass is 275 g/mol. The number of tetrazole rings is 1. The molecule has 20 heavy (non-hydrogen) atoms. The molecule has 0 aliphatic rings. The van der Waals surface area contributed by atoms with Gasteiger partial charge in [0.25, 0.3) is 0 Å². The third kappa shape index (κ3) is 2.74. The Balaban J connectivity index is 2.38. The maximum Gasteiger partial charge on any atom is 0.182 e. The summed E-state index contributed by atoms with van der Waals surface area (Å²) in [6.45, 7) is 8.90. The first-order valence-electron chi connectivity index (χ1n) is 6.85. The van der Waals surface area contributed by atoms with Gasteiger partial charge in [0.1, 0.15) is 5.75 Å². The van der Waals surface area contributed by atoms with Crippen molar-refractivity contribution in [3.05, 3.63) is 18.2 Å². The van der Waals surface area contributed by atoms with Crippen LogP contribution in [0.1, 0.15) is 33.7 Å². The second-order valence-corrected chi connectivity index (χ2v) is 5.12. The van der Waals surface area contributed by atoms with Crippen LogP contribution in [0.5, 0.6) is 5.75 Å². The summed E-state index contributed by atoms with van der Waals surface area (Å²) in [5.74, 6) is 1.85. The van der Waals surface area contributed by atoms with Gasteiger partial charge in [-0.05, 0) is 48.4 Å². The molecule has 1 heterocycles. The number of hydrogen-bond acceptors (Lipinski definition) is 5. The quantitative estimate of drug-likeness (QED) is 0.848. The molecule has 6 heteroatoms. The number of nitrogens with zero attached hydrogens (tertiary/aromatic N) is 4. The van der Waals surface area contributed by atoms with Crippen molar-refractivity contribution in [2.45, 2.75) is 33.7 Å². The van der Waals surface area contributed by atoms with Gasteiger partial charge in [-0.25, -0.2) is 4.68 Å². The van der Waals surface area contributed by atoms with Crippen LogP contribution >= 0.6 is 0 Å². The number of ether oxygens (including phenoxy) is 1. The molecule has 6 nitrogen and oxygen atoms in total. The molecule has 0 saturated carbocycles. The Bertz CT molecular complexity index is 579. The van der Waals surface area contributed by atoms with Crippen molar-refractivity contribution in [3.8, 4) is 17.1 Å². The van der Waals surface area contributed by atoms with Crippen LogP contribution in [0, 0.1) is 5.92 Å². The SMILES string of the molecule is CCOc1ccc(-c2nnnn2C(C)C(C)C)cc1N. The van der Waals surface area contributed by atoms with Gasteiger partial charge in [0.05, 0.1) is 18.3 Å². The first-order chi connectivity index (χ1) is 9.54. The van der Waals surface area contributed by atoms with Crippen LogP contribution in [0.4, 0.5) is 5.69 Å². The number of hydrogen-bond donors (Lipinski definition) is 1. The van der Waals surface area contributed by atoms with Gasteiger partial charge in [0.15, 0.2) is 5.82 Å². The van der Waals surface area contributed by atoms with E-state index in [0.29, 0.717) is 24.0 Å². The zero-order valence-electron chi connectivity index (χ0n) is 12.4. The topological polar surface area (TPSA) is 78.9 Å². The van der Waals surface area contributed by atoms with E-state index < -0.39 is 0 Å². The minimum Gasteiger partial charge on any atom is -0.492 e. The number of anilines is 1. The lowest BCUT2D eigenvalue weighted by Crippen LogP contribution is -2.14. The Hall–Kier alpha value is -2.11. The van der Waals surface area contributed by atoms with Gasteiger partial charge in [-0.1, -0.05) is 13.8 Å². The van der Waals surface area contributed by atoms with E-state index in [1.165, 1.54) is 0 Å². The maximum atomic E-state index is 6.00. The normalized spacial score (nSPS) is 12.7. The van der Waals surface area contributed by atoms with E-state index in [4.69, 9.17) is 10.5 Å². The molecule has 1 aromatic heterocycles. The summed E-state index contributed by atoms with van der Waals surface area (Å²) in [7, 11) is 0. The molecule has 2 aromatic rings. The van der Waals surface area contributed by atoms with Gasteiger partial charge in [0, 0.05) is 5.56 Å². The van der Waals surface area contributed by atoms with Crippen LogP contribution in [0.25, 0.3) is 11.4 Å². The largest absolute Gasteiger partial charge is 0.492 e. The molecule has 0 radical (unpaired) electrons. The Labute approximate surface area is 118 Å². The van der Waals surface area contributed by atoms with Crippen molar-refractivity contribution < 1.29 is 4.74 Å². The van der Waals surface area contributed by atoms with Gasteiger partial charge in [-0.15, -0.1) is 5.10 Å². The number of benzene rings is 1. The standard InChI is InChI=1S/C14H21N5O/c1-5-20-13-7-6-11(8-12(13)15)14-16-17-18-19(14)10(4)9(2)3/h6-10H,5,15H2,1-4H3. The lowest BCUT2D eigenvalue weighted by atomic mass is 10.1. The molecule has 0 saturated heterocycles. The van der Waals surface area contributed by atoms with E-state index in [1.807, 2.05) is 29.8 Å². The summed E-state index contributed by atoms with van der Waals surface area (Å²) >= 11 is 0. The minimum absolute atomic E-state index is 0.216. The lowest BCUT2D eigenvalue weighted by molar-refractivity contribution is 0.342. The molecule has 108 valence electrons. The number of rotatable bonds is 5. The van der Waals surface area contributed by atoms with Gasteiger partial charge in [-0.2, -0.15) is 0 Å². The van der Waals surface area contributed by atoms with Crippen molar-refractivity contribution in [2.75, 3.05) is 12.3 Å². The fraction of sp³-hybridized carbons (Fsp3) is 0.500. The third-order valence-corrected chi connectivity index (χ3v) is 3.41. The molecule has 2 N–H and O–H groups in total. The third-order valence-electron chi connectivity index (χ3n) is 3.41. The molecule has 1 aromatic carbocycles. The van der Waals surface area contributed by atoms with Crippen molar-refractivity contribution in [1.29, 1.82) is 0 Å². The molecule has 0 fully saturated rings. The molecule has 2 rings (SSSR count). The van der Waals surface area contributed by atoms with Gasteiger partial charge < -0.3 is 10.5 Å². The van der Waals surface area contributed by atoms with Gasteiger partial charge in [-0.3, -0.25) is 0 Å². The van der Waals surface area contributed by atoms with Gasteiger partial charge in [0.2, 0.25) is 0 Å². The van der Waals surface area contributed by atoms with Crippen LogP contribution in [0.2, 0.25) is 0 Å². The summed E-state index contributed by atoms with van der Waals surface area (Å²) < 4.78 is 7.27. The molecule has 0 aliphatic heterocycles. The molecule has 0 aliphatic carbocycles. The Morgan fingerprint density at radius 2 is 2.05 bits per heavy atom. The summed E-state index contributed by atoms with van der Waals surface area (Å²) in [6.07, 6.45) is 0. The molecule has 0 amide bonds. The van der Waals surface area contributed by atoms with Crippen LogP contribution in [-0.4, -0.2) is 26.8 Å². The van der Waals surface area contributed by atoms with E-state index in [-0.39, 0.29) is 6.04 Å². The first kappa shape index (κ1) is 14.3. The van der Waals surface area contributed by atoms with Crippen LogP contribution in [0.15, 0.2) is 18.2 Å². The van der Waals surface area contributed by atoms with E-state index in [2.05, 4.69) is 36.3 Å². The minimum atomic E-state index is 0.216. The second kappa shape index (κ2) is 5.90.